The molecule has 0 aliphatic carbocycles. The van der Waals surface area contributed by atoms with Crippen molar-refractivity contribution in [2.24, 2.45) is 0 Å². The number of amides is 1. The molecule has 0 saturated heterocycles. The van der Waals surface area contributed by atoms with Crippen LogP contribution in [0.2, 0.25) is 0 Å². The molecular formula is C12H13N3OS. The number of carbonyl (C=O) groups excluding carboxylic acids is 1. The van der Waals surface area contributed by atoms with Crippen molar-refractivity contribution in [1.29, 1.82) is 0 Å². The van der Waals surface area contributed by atoms with Crippen LogP contribution in [-0.2, 0) is 6.54 Å². The minimum atomic E-state index is -0.159. The molecular weight excluding hydrogens is 234 g/mol. The van der Waals surface area contributed by atoms with Gasteiger partial charge in [0.2, 0.25) is 0 Å². The lowest BCUT2D eigenvalue weighted by Gasteiger charge is -2.05. The summed E-state index contributed by atoms with van der Waals surface area (Å²) in [5.74, 6) is 0.529. The molecule has 0 aromatic carbocycles. The predicted molar refractivity (Wildman–Crippen MR) is 69.3 cm³/mol. The van der Waals surface area contributed by atoms with Crippen LogP contribution >= 0.6 is 11.3 Å². The molecule has 0 spiro atoms. The summed E-state index contributed by atoms with van der Waals surface area (Å²) in [5, 5.41) is 9.73. The van der Waals surface area contributed by atoms with Crippen LogP contribution in [0.15, 0.2) is 35.0 Å². The average molecular weight is 247 g/mol. The number of rotatable bonds is 4. The van der Waals surface area contributed by atoms with Crippen LogP contribution in [0, 0.1) is 0 Å². The van der Waals surface area contributed by atoms with Crippen LogP contribution in [0.5, 0.6) is 0 Å². The van der Waals surface area contributed by atoms with Crippen LogP contribution in [0.4, 0.5) is 5.82 Å². The number of hydrogen-bond acceptors (Lipinski definition) is 4. The Labute approximate surface area is 104 Å². The molecule has 2 heterocycles. The Hall–Kier alpha value is -1.88. The van der Waals surface area contributed by atoms with Gasteiger partial charge in [-0.2, -0.15) is 11.3 Å². The van der Waals surface area contributed by atoms with E-state index in [-0.39, 0.29) is 5.91 Å². The lowest BCUT2D eigenvalue weighted by atomic mass is 10.3. The summed E-state index contributed by atoms with van der Waals surface area (Å²) in [6.07, 6.45) is 0. The highest BCUT2D eigenvalue weighted by atomic mass is 32.1. The molecule has 0 saturated carbocycles. The fraction of sp³-hybridized carbons (Fsp3) is 0.167. The van der Waals surface area contributed by atoms with E-state index in [0.717, 1.165) is 5.56 Å². The third kappa shape index (κ3) is 3.04. The second kappa shape index (κ2) is 5.45. The smallest absolute Gasteiger partial charge is 0.270 e. The van der Waals surface area contributed by atoms with Gasteiger partial charge in [0.1, 0.15) is 11.5 Å². The highest BCUT2D eigenvalue weighted by Gasteiger charge is 2.07. The molecule has 0 unspecified atom stereocenters. The second-order valence-corrected chi connectivity index (χ2v) is 4.25. The number of aromatic nitrogens is 1. The fourth-order valence-electron chi connectivity index (χ4n) is 1.37. The maximum Gasteiger partial charge on any atom is 0.270 e. The number of pyridine rings is 1. The highest BCUT2D eigenvalue weighted by molar-refractivity contribution is 7.07. The van der Waals surface area contributed by atoms with Crippen molar-refractivity contribution in [3.8, 4) is 0 Å². The number of anilines is 1. The van der Waals surface area contributed by atoms with Gasteiger partial charge in [0.05, 0.1) is 0 Å². The van der Waals surface area contributed by atoms with Crippen LogP contribution in [0.25, 0.3) is 0 Å². The SMILES string of the molecule is CNc1cccc(C(=O)NCc2ccsc2)n1. The van der Waals surface area contributed by atoms with Gasteiger partial charge in [-0.15, -0.1) is 0 Å². The highest BCUT2D eigenvalue weighted by Crippen LogP contribution is 2.06. The van der Waals surface area contributed by atoms with Crippen molar-refractivity contribution < 1.29 is 4.79 Å². The van der Waals surface area contributed by atoms with Crippen molar-refractivity contribution in [2.45, 2.75) is 6.54 Å². The summed E-state index contributed by atoms with van der Waals surface area (Å²) in [6, 6.07) is 7.31. The van der Waals surface area contributed by atoms with Gasteiger partial charge in [0, 0.05) is 13.6 Å². The van der Waals surface area contributed by atoms with Gasteiger partial charge >= 0.3 is 0 Å². The Morgan fingerprint density at radius 1 is 1.41 bits per heavy atom. The minimum absolute atomic E-state index is 0.159. The molecule has 0 fully saturated rings. The zero-order valence-corrected chi connectivity index (χ0v) is 10.3. The molecule has 2 aromatic rings. The maximum absolute atomic E-state index is 11.8. The molecule has 88 valence electrons. The third-order valence-electron chi connectivity index (χ3n) is 2.27. The van der Waals surface area contributed by atoms with E-state index in [9.17, 15) is 4.79 Å². The zero-order chi connectivity index (χ0) is 12.1. The molecule has 5 heteroatoms. The summed E-state index contributed by atoms with van der Waals surface area (Å²) in [4.78, 5) is 16.0. The Bertz CT molecular complexity index is 496. The number of nitrogens with one attached hydrogen (secondary N) is 2. The Morgan fingerprint density at radius 3 is 3.00 bits per heavy atom. The predicted octanol–water partition coefficient (Wildman–Crippen LogP) is 2.11. The fourth-order valence-corrected chi connectivity index (χ4v) is 2.04. The normalized spacial score (nSPS) is 9.94. The van der Waals surface area contributed by atoms with Crippen LogP contribution in [0.3, 0.4) is 0 Å². The van der Waals surface area contributed by atoms with Crippen molar-refractivity contribution in [1.82, 2.24) is 10.3 Å². The molecule has 0 bridgehead atoms. The maximum atomic E-state index is 11.8. The molecule has 2 rings (SSSR count). The molecule has 1 amide bonds. The summed E-state index contributed by atoms with van der Waals surface area (Å²) in [5.41, 5.74) is 1.53. The van der Waals surface area contributed by atoms with E-state index >= 15 is 0 Å². The van der Waals surface area contributed by atoms with Gasteiger partial charge in [-0.05, 0) is 34.5 Å². The van der Waals surface area contributed by atoms with Gasteiger partial charge in [0.15, 0.2) is 0 Å². The van der Waals surface area contributed by atoms with Crippen molar-refractivity contribution in [3.05, 3.63) is 46.3 Å². The minimum Gasteiger partial charge on any atom is -0.373 e. The van der Waals surface area contributed by atoms with E-state index in [2.05, 4.69) is 15.6 Å². The number of thiophene rings is 1. The topological polar surface area (TPSA) is 54.0 Å². The Balaban J connectivity index is 1.99. The van der Waals surface area contributed by atoms with Gasteiger partial charge < -0.3 is 10.6 Å². The molecule has 4 nitrogen and oxygen atoms in total. The second-order valence-electron chi connectivity index (χ2n) is 3.47. The monoisotopic (exact) mass is 247 g/mol. The third-order valence-corrected chi connectivity index (χ3v) is 3.00. The lowest BCUT2D eigenvalue weighted by molar-refractivity contribution is 0.0946. The quantitative estimate of drug-likeness (QED) is 0.870. The number of hydrogen-bond donors (Lipinski definition) is 2. The van der Waals surface area contributed by atoms with E-state index in [0.29, 0.717) is 18.1 Å². The molecule has 0 atom stereocenters. The summed E-state index contributed by atoms with van der Waals surface area (Å²) in [7, 11) is 1.77. The van der Waals surface area contributed by atoms with Crippen molar-refractivity contribution in [3.63, 3.8) is 0 Å². The van der Waals surface area contributed by atoms with E-state index in [1.54, 1.807) is 30.5 Å². The summed E-state index contributed by atoms with van der Waals surface area (Å²) in [6.45, 7) is 0.536. The van der Waals surface area contributed by atoms with E-state index in [1.165, 1.54) is 0 Å². The van der Waals surface area contributed by atoms with Crippen LogP contribution in [0.1, 0.15) is 16.1 Å². The Kier molecular flexibility index (Phi) is 3.72. The summed E-state index contributed by atoms with van der Waals surface area (Å²) >= 11 is 1.62. The van der Waals surface area contributed by atoms with Gasteiger partial charge in [-0.3, -0.25) is 4.79 Å². The Morgan fingerprint density at radius 2 is 2.29 bits per heavy atom. The standard InChI is InChI=1S/C12H13N3OS/c1-13-11-4-2-3-10(15-11)12(16)14-7-9-5-6-17-8-9/h2-6,8H,7H2,1H3,(H,13,15)(H,14,16). The molecule has 2 N–H and O–H groups in total. The molecule has 0 aliphatic rings. The van der Waals surface area contributed by atoms with E-state index in [1.807, 2.05) is 22.9 Å². The van der Waals surface area contributed by atoms with Gasteiger partial charge in [0.25, 0.3) is 5.91 Å². The molecule has 0 aliphatic heterocycles. The van der Waals surface area contributed by atoms with Crippen LogP contribution < -0.4 is 10.6 Å². The largest absolute Gasteiger partial charge is 0.373 e. The first-order valence-electron chi connectivity index (χ1n) is 5.23. The first-order chi connectivity index (χ1) is 8.29. The van der Waals surface area contributed by atoms with Crippen LogP contribution in [-0.4, -0.2) is 17.9 Å². The van der Waals surface area contributed by atoms with E-state index < -0.39 is 0 Å². The van der Waals surface area contributed by atoms with Gasteiger partial charge in [-0.1, -0.05) is 6.07 Å². The number of nitrogens with zero attached hydrogens (tertiary/aromatic N) is 1. The first kappa shape index (κ1) is 11.6. The lowest BCUT2D eigenvalue weighted by Crippen LogP contribution is -2.23. The zero-order valence-electron chi connectivity index (χ0n) is 9.43. The molecule has 2 aromatic heterocycles. The first-order valence-corrected chi connectivity index (χ1v) is 6.18. The number of carbonyl (C=O) groups is 1. The van der Waals surface area contributed by atoms with E-state index in [4.69, 9.17) is 0 Å². The summed E-state index contributed by atoms with van der Waals surface area (Å²) < 4.78 is 0. The van der Waals surface area contributed by atoms with Crippen molar-refractivity contribution >= 4 is 23.1 Å². The molecule has 17 heavy (non-hydrogen) atoms. The van der Waals surface area contributed by atoms with Crippen molar-refractivity contribution in [2.75, 3.05) is 12.4 Å². The van der Waals surface area contributed by atoms with Gasteiger partial charge in [-0.25, -0.2) is 4.98 Å². The average Bonchev–Trinajstić information content (AvgIpc) is 2.89. The molecule has 0 radical (unpaired) electrons.